The van der Waals surface area contributed by atoms with Crippen LogP contribution in [0.3, 0.4) is 0 Å². The molecular formula is C11H13NO4S. The Bertz CT molecular complexity index is 471. The number of aryl methyl sites for hydroxylation is 1. The Hall–Kier alpha value is -1.56. The topological polar surface area (TPSA) is 80.4 Å². The van der Waals surface area contributed by atoms with Gasteiger partial charge in [0.2, 0.25) is 0 Å². The van der Waals surface area contributed by atoms with Crippen molar-refractivity contribution in [2.75, 3.05) is 0 Å². The summed E-state index contributed by atoms with van der Waals surface area (Å²) in [5.74, 6) is -0.918. The fourth-order valence-corrected chi connectivity index (χ4v) is 2.28. The minimum absolute atomic E-state index is 0.0440. The van der Waals surface area contributed by atoms with Gasteiger partial charge < -0.3 is 5.11 Å². The third-order valence-electron chi connectivity index (χ3n) is 2.25. The van der Waals surface area contributed by atoms with Crippen molar-refractivity contribution in [3.63, 3.8) is 0 Å². The number of nitro groups is 1. The molecule has 0 amide bonds. The van der Waals surface area contributed by atoms with Crippen LogP contribution in [0.25, 0.3) is 0 Å². The molecule has 1 aromatic rings. The van der Waals surface area contributed by atoms with Gasteiger partial charge in [0.15, 0.2) is 0 Å². The lowest BCUT2D eigenvalue weighted by Crippen LogP contribution is -2.26. The van der Waals surface area contributed by atoms with E-state index in [1.165, 1.54) is 17.8 Å². The van der Waals surface area contributed by atoms with Crippen LogP contribution in [0.5, 0.6) is 0 Å². The van der Waals surface area contributed by atoms with Crippen LogP contribution in [0, 0.1) is 17.0 Å². The molecule has 1 N–H and O–H groups in total. The summed E-state index contributed by atoms with van der Waals surface area (Å²) in [6.07, 6.45) is 0. The standard InChI is InChI=1S/C11H13NO4S/c1-7-6-8(4-5-9(7)12(15)16)17-11(2,3)10(13)14/h4-6H,1-3H3,(H,13,14). The smallest absolute Gasteiger partial charge is 0.319 e. The van der Waals surface area contributed by atoms with Crippen LogP contribution in [0.4, 0.5) is 5.69 Å². The molecule has 0 bridgehead atoms. The van der Waals surface area contributed by atoms with Crippen LogP contribution in [0.15, 0.2) is 23.1 Å². The highest BCUT2D eigenvalue weighted by molar-refractivity contribution is 8.01. The second-order valence-corrected chi connectivity index (χ2v) is 5.82. The second-order valence-electron chi connectivity index (χ2n) is 4.12. The highest BCUT2D eigenvalue weighted by Crippen LogP contribution is 2.34. The molecule has 5 nitrogen and oxygen atoms in total. The summed E-state index contributed by atoms with van der Waals surface area (Å²) >= 11 is 1.17. The van der Waals surface area contributed by atoms with Crippen molar-refractivity contribution in [2.24, 2.45) is 0 Å². The highest BCUT2D eigenvalue weighted by atomic mass is 32.2. The first-order valence-electron chi connectivity index (χ1n) is 4.91. The van der Waals surface area contributed by atoms with Gasteiger partial charge in [-0.1, -0.05) is 0 Å². The normalized spacial score (nSPS) is 11.2. The molecule has 6 heteroatoms. The minimum Gasteiger partial charge on any atom is -0.480 e. The van der Waals surface area contributed by atoms with E-state index in [0.29, 0.717) is 10.5 Å². The third kappa shape index (κ3) is 3.20. The molecule has 0 aliphatic rings. The van der Waals surface area contributed by atoms with E-state index in [0.717, 1.165) is 0 Å². The summed E-state index contributed by atoms with van der Waals surface area (Å²) in [5, 5.41) is 19.6. The maximum atomic E-state index is 11.0. The van der Waals surface area contributed by atoms with E-state index in [4.69, 9.17) is 5.11 Å². The highest BCUT2D eigenvalue weighted by Gasteiger charge is 2.28. The zero-order valence-electron chi connectivity index (χ0n) is 9.76. The molecule has 0 saturated carbocycles. The van der Waals surface area contributed by atoms with Gasteiger partial charge in [-0.05, 0) is 32.9 Å². The number of carbonyl (C=O) groups is 1. The number of aliphatic carboxylic acids is 1. The van der Waals surface area contributed by atoms with Gasteiger partial charge in [-0.3, -0.25) is 14.9 Å². The van der Waals surface area contributed by atoms with Crippen LogP contribution >= 0.6 is 11.8 Å². The lowest BCUT2D eigenvalue weighted by molar-refractivity contribution is -0.385. The number of nitro benzene ring substituents is 1. The van der Waals surface area contributed by atoms with Gasteiger partial charge in [-0.15, -0.1) is 11.8 Å². The SMILES string of the molecule is Cc1cc(SC(C)(C)C(=O)O)ccc1[N+](=O)[O-]. The number of thioether (sulfide) groups is 1. The zero-order chi connectivity index (χ0) is 13.2. The molecule has 92 valence electrons. The third-order valence-corrected chi connectivity index (χ3v) is 3.43. The van der Waals surface area contributed by atoms with Crippen molar-refractivity contribution in [1.29, 1.82) is 0 Å². The monoisotopic (exact) mass is 255 g/mol. The molecule has 0 aliphatic heterocycles. The van der Waals surface area contributed by atoms with E-state index in [9.17, 15) is 14.9 Å². The van der Waals surface area contributed by atoms with Crippen molar-refractivity contribution in [3.8, 4) is 0 Å². The predicted molar refractivity (Wildman–Crippen MR) is 65.4 cm³/mol. The first-order valence-corrected chi connectivity index (χ1v) is 5.73. The van der Waals surface area contributed by atoms with E-state index >= 15 is 0 Å². The first kappa shape index (κ1) is 13.5. The average molecular weight is 255 g/mol. The number of hydrogen-bond donors (Lipinski definition) is 1. The van der Waals surface area contributed by atoms with Crippen molar-refractivity contribution in [2.45, 2.75) is 30.4 Å². The summed E-state index contributed by atoms with van der Waals surface area (Å²) in [6.45, 7) is 4.82. The van der Waals surface area contributed by atoms with Crippen LogP contribution in [-0.4, -0.2) is 20.7 Å². The lowest BCUT2D eigenvalue weighted by atomic mass is 10.2. The average Bonchev–Trinajstić information content (AvgIpc) is 2.15. The van der Waals surface area contributed by atoms with Crippen molar-refractivity contribution < 1.29 is 14.8 Å². The Kier molecular flexibility index (Phi) is 3.77. The van der Waals surface area contributed by atoms with Crippen molar-refractivity contribution >= 4 is 23.4 Å². The van der Waals surface area contributed by atoms with E-state index in [1.54, 1.807) is 32.9 Å². The molecule has 0 heterocycles. The van der Waals surface area contributed by atoms with Gasteiger partial charge in [0.25, 0.3) is 5.69 Å². The fraction of sp³-hybridized carbons (Fsp3) is 0.364. The zero-order valence-corrected chi connectivity index (χ0v) is 10.6. The van der Waals surface area contributed by atoms with Gasteiger partial charge >= 0.3 is 5.97 Å². The Labute approximate surface area is 103 Å². The van der Waals surface area contributed by atoms with Crippen LogP contribution in [0.1, 0.15) is 19.4 Å². The molecule has 17 heavy (non-hydrogen) atoms. The summed E-state index contributed by atoms with van der Waals surface area (Å²) in [5.41, 5.74) is 0.573. The van der Waals surface area contributed by atoms with Gasteiger partial charge in [0.1, 0.15) is 4.75 Å². The Morgan fingerprint density at radius 3 is 2.47 bits per heavy atom. The molecule has 0 saturated heterocycles. The first-order chi connectivity index (χ1) is 7.74. The van der Waals surface area contributed by atoms with E-state index in [1.807, 2.05) is 0 Å². The maximum absolute atomic E-state index is 11.0. The number of nitrogens with zero attached hydrogens (tertiary/aromatic N) is 1. The molecule has 0 atom stereocenters. The Morgan fingerprint density at radius 1 is 1.47 bits per heavy atom. The van der Waals surface area contributed by atoms with Gasteiger partial charge in [-0.25, -0.2) is 0 Å². The van der Waals surface area contributed by atoms with Crippen LogP contribution in [0.2, 0.25) is 0 Å². The number of benzene rings is 1. The number of hydrogen-bond acceptors (Lipinski definition) is 4. The van der Waals surface area contributed by atoms with Crippen LogP contribution < -0.4 is 0 Å². The molecule has 0 radical (unpaired) electrons. The lowest BCUT2D eigenvalue weighted by Gasteiger charge is -2.18. The van der Waals surface area contributed by atoms with Crippen molar-refractivity contribution in [1.82, 2.24) is 0 Å². The molecule has 0 aromatic heterocycles. The van der Waals surface area contributed by atoms with Gasteiger partial charge in [-0.2, -0.15) is 0 Å². The molecule has 1 rings (SSSR count). The number of rotatable bonds is 4. The molecule has 0 spiro atoms. The molecule has 0 fully saturated rings. The number of carboxylic acids is 1. The van der Waals surface area contributed by atoms with E-state index in [2.05, 4.69) is 0 Å². The fourth-order valence-electron chi connectivity index (χ4n) is 1.23. The predicted octanol–water partition coefficient (Wildman–Crippen LogP) is 2.86. The van der Waals surface area contributed by atoms with E-state index < -0.39 is 15.6 Å². The van der Waals surface area contributed by atoms with Gasteiger partial charge in [0, 0.05) is 16.5 Å². The molecular weight excluding hydrogens is 242 g/mol. The number of carboxylic acid groups (broad SMARTS) is 1. The molecule has 0 unspecified atom stereocenters. The largest absolute Gasteiger partial charge is 0.480 e. The van der Waals surface area contributed by atoms with Crippen molar-refractivity contribution in [3.05, 3.63) is 33.9 Å². The second kappa shape index (κ2) is 4.75. The molecule has 1 aromatic carbocycles. The van der Waals surface area contributed by atoms with Gasteiger partial charge in [0.05, 0.1) is 4.92 Å². The quantitative estimate of drug-likeness (QED) is 0.508. The summed E-state index contributed by atoms with van der Waals surface area (Å²) in [7, 11) is 0. The summed E-state index contributed by atoms with van der Waals surface area (Å²) in [6, 6.07) is 4.60. The van der Waals surface area contributed by atoms with E-state index in [-0.39, 0.29) is 5.69 Å². The maximum Gasteiger partial charge on any atom is 0.319 e. The summed E-state index contributed by atoms with van der Waals surface area (Å²) in [4.78, 5) is 21.8. The van der Waals surface area contributed by atoms with Crippen LogP contribution in [-0.2, 0) is 4.79 Å². The summed E-state index contributed by atoms with van der Waals surface area (Å²) < 4.78 is -0.956. The minimum atomic E-state index is -0.956. The Morgan fingerprint density at radius 2 is 2.06 bits per heavy atom. The molecule has 0 aliphatic carbocycles. The Balaban J connectivity index is 2.99.